The number of likely N-dealkylation sites (N-methyl/N-ethyl adjacent to an activating group) is 1. The molecule has 1 aromatic carbocycles. The molecule has 3 nitrogen and oxygen atoms in total. The van der Waals surface area contributed by atoms with Crippen molar-refractivity contribution in [2.24, 2.45) is 0 Å². The molecule has 1 rings (SSSR count). The maximum Gasteiger partial charge on any atom is 0.121 e. The van der Waals surface area contributed by atoms with Crippen LogP contribution in [0.1, 0.15) is 20.8 Å². The third-order valence-corrected chi connectivity index (χ3v) is 2.80. The van der Waals surface area contributed by atoms with Gasteiger partial charge in [0.25, 0.3) is 0 Å². The molecule has 0 aliphatic carbocycles. The molecular formula is C14H24N2O. The molecule has 0 unspecified atom stereocenters. The molecule has 0 aromatic heterocycles. The van der Waals surface area contributed by atoms with Gasteiger partial charge in [0.05, 0.1) is 6.61 Å². The number of nitrogens with zero attached hydrogens (tertiary/aromatic N) is 1. The van der Waals surface area contributed by atoms with Crippen molar-refractivity contribution in [2.75, 3.05) is 38.1 Å². The van der Waals surface area contributed by atoms with Gasteiger partial charge < -0.3 is 15.0 Å². The standard InChI is InChI=1S/C14H24N2O/c1-4-16(5-2)11-10-15-13-8-7-9-14(12-13)17-6-3/h7-9,12,15H,4-6,10-11H2,1-3H3. The topological polar surface area (TPSA) is 24.5 Å². The van der Waals surface area contributed by atoms with Crippen molar-refractivity contribution in [3.05, 3.63) is 24.3 Å². The van der Waals surface area contributed by atoms with Crippen LogP contribution in [0.5, 0.6) is 5.75 Å². The van der Waals surface area contributed by atoms with Crippen molar-refractivity contribution < 1.29 is 4.74 Å². The number of hydrogen-bond acceptors (Lipinski definition) is 3. The van der Waals surface area contributed by atoms with Crippen LogP contribution < -0.4 is 10.1 Å². The summed E-state index contributed by atoms with van der Waals surface area (Å²) in [6.07, 6.45) is 0. The van der Waals surface area contributed by atoms with E-state index in [2.05, 4.69) is 30.1 Å². The Morgan fingerprint density at radius 2 is 1.94 bits per heavy atom. The van der Waals surface area contributed by atoms with Gasteiger partial charge in [0, 0.05) is 24.8 Å². The molecule has 0 atom stereocenters. The quantitative estimate of drug-likeness (QED) is 0.751. The summed E-state index contributed by atoms with van der Waals surface area (Å²) in [4.78, 5) is 2.40. The first-order valence-electron chi connectivity index (χ1n) is 6.49. The lowest BCUT2D eigenvalue weighted by Crippen LogP contribution is -2.28. The minimum absolute atomic E-state index is 0.711. The molecule has 0 fully saturated rings. The van der Waals surface area contributed by atoms with E-state index in [0.717, 1.165) is 37.6 Å². The Labute approximate surface area is 105 Å². The van der Waals surface area contributed by atoms with Gasteiger partial charge in [0.1, 0.15) is 5.75 Å². The average molecular weight is 236 g/mol. The number of anilines is 1. The minimum Gasteiger partial charge on any atom is -0.494 e. The highest BCUT2D eigenvalue weighted by Gasteiger charge is 1.99. The Hall–Kier alpha value is -1.22. The molecule has 0 bridgehead atoms. The first-order chi connectivity index (χ1) is 8.30. The predicted octanol–water partition coefficient (Wildman–Crippen LogP) is 2.84. The fourth-order valence-corrected chi connectivity index (χ4v) is 1.76. The molecule has 0 saturated carbocycles. The van der Waals surface area contributed by atoms with Crippen molar-refractivity contribution in [3.63, 3.8) is 0 Å². The molecule has 0 heterocycles. The first-order valence-corrected chi connectivity index (χ1v) is 6.49. The minimum atomic E-state index is 0.711. The molecule has 3 heteroatoms. The summed E-state index contributed by atoms with van der Waals surface area (Å²) >= 11 is 0. The van der Waals surface area contributed by atoms with Crippen molar-refractivity contribution in [2.45, 2.75) is 20.8 Å². The third-order valence-electron chi connectivity index (χ3n) is 2.80. The van der Waals surface area contributed by atoms with E-state index in [1.807, 2.05) is 25.1 Å². The molecule has 1 N–H and O–H groups in total. The Morgan fingerprint density at radius 1 is 1.18 bits per heavy atom. The highest BCUT2D eigenvalue weighted by Crippen LogP contribution is 2.16. The average Bonchev–Trinajstić information content (AvgIpc) is 2.36. The lowest BCUT2D eigenvalue weighted by Gasteiger charge is -2.18. The van der Waals surface area contributed by atoms with Gasteiger partial charge >= 0.3 is 0 Å². The largest absolute Gasteiger partial charge is 0.494 e. The van der Waals surface area contributed by atoms with Gasteiger partial charge in [0.2, 0.25) is 0 Å². The summed E-state index contributed by atoms with van der Waals surface area (Å²) in [6.45, 7) is 11.4. The number of rotatable bonds is 8. The van der Waals surface area contributed by atoms with Crippen LogP contribution in [0.25, 0.3) is 0 Å². The zero-order valence-corrected chi connectivity index (χ0v) is 11.2. The van der Waals surface area contributed by atoms with Gasteiger partial charge in [-0.3, -0.25) is 0 Å². The van der Waals surface area contributed by atoms with Crippen LogP contribution in [0.4, 0.5) is 5.69 Å². The van der Waals surface area contributed by atoms with E-state index in [1.165, 1.54) is 0 Å². The van der Waals surface area contributed by atoms with Crippen LogP contribution in [0.3, 0.4) is 0 Å². The second-order valence-corrected chi connectivity index (χ2v) is 3.91. The summed E-state index contributed by atoms with van der Waals surface area (Å²) in [5.41, 5.74) is 1.13. The summed E-state index contributed by atoms with van der Waals surface area (Å²) in [5.74, 6) is 0.931. The van der Waals surface area contributed by atoms with Crippen molar-refractivity contribution >= 4 is 5.69 Å². The van der Waals surface area contributed by atoms with Gasteiger partial charge in [-0.1, -0.05) is 19.9 Å². The summed E-state index contributed by atoms with van der Waals surface area (Å²) in [6, 6.07) is 8.13. The molecular weight excluding hydrogens is 212 g/mol. The van der Waals surface area contributed by atoms with Gasteiger partial charge in [-0.2, -0.15) is 0 Å². The van der Waals surface area contributed by atoms with Crippen molar-refractivity contribution in [3.8, 4) is 5.75 Å². The van der Waals surface area contributed by atoms with Crippen LogP contribution in [-0.4, -0.2) is 37.7 Å². The number of nitrogens with one attached hydrogen (secondary N) is 1. The molecule has 0 aliphatic heterocycles. The van der Waals surface area contributed by atoms with E-state index in [9.17, 15) is 0 Å². The van der Waals surface area contributed by atoms with Gasteiger partial charge in [-0.05, 0) is 32.1 Å². The molecule has 17 heavy (non-hydrogen) atoms. The monoisotopic (exact) mass is 236 g/mol. The highest BCUT2D eigenvalue weighted by atomic mass is 16.5. The van der Waals surface area contributed by atoms with E-state index in [0.29, 0.717) is 6.61 Å². The third kappa shape index (κ3) is 5.09. The zero-order chi connectivity index (χ0) is 12.5. The Kier molecular flexibility index (Phi) is 6.48. The fraction of sp³-hybridized carbons (Fsp3) is 0.571. The second-order valence-electron chi connectivity index (χ2n) is 3.91. The smallest absolute Gasteiger partial charge is 0.121 e. The molecule has 0 amide bonds. The fourth-order valence-electron chi connectivity index (χ4n) is 1.76. The summed E-state index contributed by atoms with van der Waals surface area (Å²) < 4.78 is 5.47. The van der Waals surface area contributed by atoms with E-state index >= 15 is 0 Å². The summed E-state index contributed by atoms with van der Waals surface area (Å²) in [5, 5.41) is 3.42. The van der Waals surface area contributed by atoms with Crippen LogP contribution >= 0.6 is 0 Å². The van der Waals surface area contributed by atoms with E-state index in [1.54, 1.807) is 0 Å². The van der Waals surface area contributed by atoms with E-state index in [-0.39, 0.29) is 0 Å². The number of benzene rings is 1. The van der Waals surface area contributed by atoms with Crippen LogP contribution in [0.15, 0.2) is 24.3 Å². The molecule has 96 valence electrons. The normalized spacial score (nSPS) is 10.6. The summed E-state index contributed by atoms with van der Waals surface area (Å²) in [7, 11) is 0. The molecule has 1 aromatic rings. The Morgan fingerprint density at radius 3 is 2.59 bits per heavy atom. The predicted molar refractivity (Wildman–Crippen MR) is 73.9 cm³/mol. The molecule has 0 saturated heterocycles. The first kappa shape index (κ1) is 13.8. The van der Waals surface area contributed by atoms with Crippen molar-refractivity contribution in [1.82, 2.24) is 4.90 Å². The van der Waals surface area contributed by atoms with Crippen LogP contribution in [0, 0.1) is 0 Å². The van der Waals surface area contributed by atoms with Crippen LogP contribution in [-0.2, 0) is 0 Å². The Bertz CT molecular complexity index is 311. The Balaban J connectivity index is 2.38. The zero-order valence-electron chi connectivity index (χ0n) is 11.2. The molecule has 0 radical (unpaired) electrons. The maximum atomic E-state index is 5.47. The highest BCUT2D eigenvalue weighted by molar-refractivity contribution is 5.48. The lowest BCUT2D eigenvalue weighted by atomic mass is 10.3. The van der Waals surface area contributed by atoms with Gasteiger partial charge in [-0.25, -0.2) is 0 Å². The maximum absolute atomic E-state index is 5.47. The number of hydrogen-bond donors (Lipinski definition) is 1. The SMILES string of the molecule is CCOc1cccc(NCCN(CC)CC)c1. The van der Waals surface area contributed by atoms with Gasteiger partial charge in [-0.15, -0.1) is 0 Å². The second kappa shape index (κ2) is 7.96. The van der Waals surface area contributed by atoms with E-state index in [4.69, 9.17) is 4.74 Å². The molecule has 0 aliphatic rings. The molecule has 0 spiro atoms. The van der Waals surface area contributed by atoms with Gasteiger partial charge in [0.15, 0.2) is 0 Å². The van der Waals surface area contributed by atoms with Crippen LogP contribution in [0.2, 0.25) is 0 Å². The number of ether oxygens (including phenoxy) is 1. The lowest BCUT2D eigenvalue weighted by molar-refractivity contribution is 0.316. The van der Waals surface area contributed by atoms with E-state index < -0.39 is 0 Å². The van der Waals surface area contributed by atoms with Crippen molar-refractivity contribution in [1.29, 1.82) is 0 Å².